The zero-order valence-corrected chi connectivity index (χ0v) is 34.2. The Labute approximate surface area is 324 Å². The number of nitrogens with zero attached hydrogens (tertiary/aromatic N) is 7. The Bertz CT molecular complexity index is 2250. The molecule has 0 unspecified atom stereocenters. The summed E-state index contributed by atoms with van der Waals surface area (Å²) >= 11 is 2.88. The molecule has 1 fully saturated rings. The Balaban J connectivity index is 1.17. The van der Waals surface area contributed by atoms with Gasteiger partial charge in [0.2, 0.25) is 0 Å². The number of para-hydroxylation sites is 1. The monoisotopic (exact) mass is 787 g/mol. The number of hydrogen-bond donors (Lipinski definition) is 1. The molecule has 54 heavy (non-hydrogen) atoms. The van der Waals surface area contributed by atoms with Crippen molar-refractivity contribution in [2.45, 2.75) is 64.0 Å². The van der Waals surface area contributed by atoms with E-state index in [0.29, 0.717) is 65.8 Å². The molecule has 0 aliphatic heterocycles. The summed E-state index contributed by atoms with van der Waals surface area (Å²) in [5, 5.41) is 19.6. The summed E-state index contributed by atoms with van der Waals surface area (Å²) in [5.74, 6) is 5.91. The smallest absolute Gasteiger partial charge is 0.355 e. The standard InChI is InChI=1S/C39H46FN7O4S2Si/c1-45(2)19-9-11-26-15-18-31(29(40)23-26)51-20-10-14-33-35(37(48)49)41-38(53-33)46(3)34-24-28(27-16-17-27)36(44-43-34)42-39-47(25-50-21-22-54(4,5)6)30-12-7-8-13-32(30)52-39/h7-8,12-13,15,18,23-24,27H,10,14,16-17,19-22,25H2,1-6H3,(H,48,49). The van der Waals surface area contributed by atoms with Crippen molar-refractivity contribution < 1.29 is 23.8 Å². The lowest BCUT2D eigenvalue weighted by Gasteiger charge is -2.16. The van der Waals surface area contributed by atoms with Crippen LogP contribution in [0.15, 0.2) is 53.5 Å². The fraction of sp³-hybridized carbons (Fsp3) is 0.410. The number of hydrogen-bond acceptors (Lipinski definition) is 11. The molecule has 1 N–H and O–H groups in total. The fourth-order valence-electron chi connectivity index (χ4n) is 5.52. The number of aromatic nitrogens is 4. The second-order valence-corrected chi connectivity index (χ2v) is 22.5. The van der Waals surface area contributed by atoms with Gasteiger partial charge in [-0.15, -0.1) is 21.5 Å². The lowest BCUT2D eigenvalue weighted by Crippen LogP contribution is -2.23. The summed E-state index contributed by atoms with van der Waals surface area (Å²) in [7, 11) is 4.42. The molecule has 0 saturated heterocycles. The van der Waals surface area contributed by atoms with Crippen LogP contribution in [0.4, 0.5) is 21.2 Å². The van der Waals surface area contributed by atoms with Crippen molar-refractivity contribution in [1.29, 1.82) is 0 Å². The zero-order valence-electron chi connectivity index (χ0n) is 31.6. The van der Waals surface area contributed by atoms with Crippen LogP contribution in [0, 0.1) is 17.7 Å². The van der Waals surface area contributed by atoms with Crippen LogP contribution in [0.5, 0.6) is 5.75 Å². The molecule has 5 aromatic rings. The maximum atomic E-state index is 14.7. The molecule has 2 aromatic carbocycles. The van der Waals surface area contributed by atoms with Gasteiger partial charge in [0, 0.05) is 37.7 Å². The van der Waals surface area contributed by atoms with E-state index in [1.165, 1.54) is 17.4 Å². The van der Waals surface area contributed by atoms with Gasteiger partial charge in [-0.05, 0) is 88.1 Å². The highest BCUT2D eigenvalue weighted by atomic mass is 32.1. The highest BCUT2D eigenvalue weighted by Crippen LogP contribution is 2.45. The predicted molar refractivity (Wildman–Crippen MR) is 216 cm³/mol. The van der Waals surface area contributed by atoms with Crippen LogP contribution in [-0.4, -0.2) is 84.7 Å². The van der Waals surface area contributed by atoms with Crippen molar-refractivity contribution in [3.8, 4) is 17.6 Å². The number of carboxylic acids is 1. The van der Waals surface area contributed by atoms with Crippen LogP contribution >= 0.6 is 22.7 Å². The first-order valence-electron chi connectivity index (χ1n) is 18.0. The summed E-state index contributed by atoms with van der Waals surface area (Å²) in [5.41, 5.74) is 2.63. The molecule has 3 aromatic heterocycles. The average molecular weight is 788 g/mol. The lowest BCUT2D eigenvalue weighted by molar-refractivity contribution is 0.0690. The third-order valence-electron chi connectivity index (χ3n) is 8.70. The molecular formula is C39H46FN7O4S2Si. The van der Waals surface area contributed by atoms with E-state index in [1.807, 2.05) is 44.2 Å². The van der Waals surface area contributed by atoms with Gasteiger partial charge < -0.3 is 19.5 Å². The van der Waals surface area contributed by atoms with Gasteiger partial charge in [0.25, 0.3) is 0 Å². The van der Waals surface area contributed by atoms with E-state index in [4.69, 9.17) is 14.5 Å². The number of rotatable bonds is 16. The minimum atomic E-state index is -1.23. The number of aryl methyl sites for hydroxylation is 1. The fourth-order valence-corrected chi connectivity index (χ4v) is 8.36. The van der Waals surface area contributed by atoms with Crippen LogP contribution in [0.1, 0.15) is 51.7 Å². The topological polar surface area (TPSA) is 118 Å². The van der Waals surface area contributed by atoms with Crippen molar-refractivity contribution in [3.63, 3.8) is 0 Å². The summed E-state index contributed by atoms with van der Waals surface area (Å²) in [4.78, 5) is 26.8. The van der Waals surface area contributed by atoms with Crippen molar-refractivity contribution in [2.75, 3.05) is 45.8 Å². The van der Waals surface area contributed by atoms with Crippen molar-refractivity contribution in [3.05, 3.63) is 80.8 Å². The highest BCUT2D eigenvalue weighted by Gasteiger charge is 2.29. The maximum absolute atomic E-state index is 14.7. The highest BCUT2D eigenvalue weighted by molar-refractivity contribution is 7.16. The van der Waals surface area contributed by atoms with Gasteiger partial charge in [0.15, 0.2) is 38.8 Å². The van der Waals surface area contributed by atoms with Crippen LogP contribution in [0.3, 0.4) is 0 Å². The van der Waals surface area contributed by atoms with Gasteiger partial charge in [-0.3, -0.25) is 9.47 Å². The number of thiazole rings is 2. The van der Waals surface area contributed by atoms with E-state index in [1.54, 1.807) is 28.4 Å². The Hall–Kier alpha value is -4.46. The van der Waals surface area contributed by atoms with Crippen LogP contribution in [0.2, 0.25) is 25.7 Å². The van der Waals surface area contributed by atoms with E-state index in [9.17, 15) is 14.3 Å². The third kappa shape index (κ3) is 10.2. The number of benzene rings is 2. The largest absolute Gasteiger partial charge is 0.491 e. The molecule has 1 aliphatic carbocycles. The molecule has 0 bridgehead atoms. The molecule has 6 rings (SSSR count). The average Bonchev–Trinajstić information content (AvgIpc) is 3.79. The van der Waals surface area contributed by atoms with E-state index < -0.39 is 19.9 Å². The first-order chi connectivity index (χ1) is 25.9. The summed E-state index contributed by atoms with van der Waals surface area (Å²) in [6.45, 7) is 8.92. The molecule has 1 saturated carbocycles. The van der Waals surface area contributed by atoms with Gasteiger partial charge in [-0.1, -0.05) is 55.0 Å². The molecule has 11 nitrogen and oxygen atoms in total. The summed E-state index contributed by atoms with van der Waals surface area (Å²) in [6, 6.07) is 16.0. The Morgan fingerprint density at radius 1 is 1.09 bits per heavy atom. The predicted octanol–water partition coefficient (Wildman–Crippen LogP) is 7.90. The summed E-state index contributed by atoms with van der Waals surface area (Å²) in [6.07, 6.45) is 2.94. The van der Waals surface area contributed by atoms with Crippen molar-refractivity contribution in [2.24, 2.45) is 4.99 Å². The van der Waals surface area contributed by atoms with E-state index in [-0.39, 0.29) is 18.1 Å². The third-order valence-corrected chi connectivity index (χ3v) is 12.7. The van der Waals surface area contributed by atoms with Gasteiger partial charge in [0.05, 0.1) is 23.4 Å². The number of ether oxygens (including phenoxy) is 2. The van der Waals surface area contributed by atoms with E-state index in [2.05, 4.69) is 63.4 Å². The number of carbonyl (C=O) groups is 1. The number of aromatic carboxylic acids is 1. The van der Waals surface area contributed by atoms with Crippen LogP contribution in [0.25, 0.3) is 10.2 Å². The molecule has 0 amide bonds. The van der Waals surface area contributed by atoms with Crippen molar-refractivity contribution >= 4 is 63.7 Å². The molecule has 0 spiro atoms. The van der Waals surface area contributed by atoms with Gasteiger partial charge in [0.1, 0.15) is 6.73 Å². The lowest BCUT2D eigenvalue weighted by atomic mass is 10.2. The normalized spacial score (nSPS) is 13.4. The molecule has 15 heteroatoms. The SMILES string of the molecule is CN(C)CC#Cc1ccc(OCCCc2sc(N(C)c3cc(C4CC4)c(N=c4sc5ccccc5n4COCC[Si](C)(C)C)nn3)nc2C(=O)O)c(F)c1. The number of fused-ring (bicyclic) bond motifs is 1. The zero-order chi connectivity index (χ0) is 38.4. The molecule has 284 valence electrons. The summed E-state index contributed by atoms with van der Waals surface area (Å²) < 4.78 is 29.7. The Morgan fingerprint density at radius 2 is 1.89 bits per heavy atom. The number of carboxylic acid groups (broad SMARTS) is 1. The number of anilines is 2. The van der Waals surface area contributed by atoms with Crippen LogP contribution < -0.4 is 14.4 Å². The Kier molecular flexibility index (Phi) is 12.6. The molecule has 0 radical (unpaired) electrons. The quantitative estimate of drug-likeness (QED) is 0.0605. The second kappa shape index (κ2) is 17.3. The Morgan fingerprint density at radius 3 is 2.61 bits per heavy atom. The minimum absolute atomic E-state index is 0.0166. The molecular weight excluding hydrogens is 742 g/mol. The van der Waals surface area contributed by atoms with Gasteiger partial charge >= 0.3 is 5.97 Å². The van der Waals surface area contributed by atoms with Crippen LogP contribution in [-0.2, 0) is 17.9 Å². The van der Waals surface area contributed by atoms with Gasteiger partial charge in [-0.2, -0.15) is 4.99 Å². The minimum Gasteiger partial charge on any atom is -0.491 e. The molecule has 3 heterocycles. The van der Waals surface area contributed by atoms with E-state index >= 15 is 0 Å². The van der Waals surface area contributed by atoms with Crippen molar-refractivity contribution in [1.82, 2.24) is 24.6 Å². The molecule has 1 aliphatic rings. The van der Waals surface area contributed by atoms with Gasteiger partial charge in [-0.25, -0.2) is 14.2 Å². The second-order valence-electron chi connectivity index (χ2n) is 14.8. The van der Waals surface area contributed by atoms with E-state index in [0.717, 1.165) is 39.5 Å². The first-order valence-corrected chi connectivity index (χ1v) is 23.3. The maximum Gasteiger partial charge on any atom is 0.355 e. The molecule has 0 atom stereocenters. The first kappa shape index (κ1) is 39.2. The number of halogens is 1.